The Morgan fingerprint density at radius 2 is 1.85 bits per heavy atom. The molecule has 0 saturated carbocycles. The fourth-order valence-electron chi connectivity index (χ4n) is 3.58. The maximum absolute atomic E-state index is 13.7. The van der Waals surface area contributed by atoms with Gasteiger partial charge < -0.3 is 9.73 Å². The SMILES string of the molecule is Cc1ccoc1C(=O)Nc1cccc(C#Cc2cncc(C(=O)NS(=O)(=CCCN=[N+]=[N-])c3ccccc3)c2)c1. The number of nitrogens with one attached hydrogen (secondary N) is 2. The molecule has 0 bridgehead atoms. The molecule has 0 aliphatic heterocycles. The summed E-state index contributed by atoms with van der Waals surface area (Å²) in [5.41, 5.74) is 11.1. The molecule has 1 atom stereocenters. The maximum Gasteiger partial charge on any atom is 0.291 e. The molecular weight excluding hydrogens is 528 g/mol. The van der Waals surface area contributed by atoms with Gasteiger partial charge in [-0.15, -0.1) is 0 Å². The van der Waals surface area contributed by atoms with E-state index in [2.05, 4.69) is 36.9 Å². The summed E-state index contributed by atoms with van der Waals surface area (Å²) in [6.07, 6.45) is 4.54. The molecule has 2 heterocycles. The van der Waals surface area contributed by atoms with Crippen molar-refractivity contribution in [2.24, 2.45) is 5.11 Å². The van der Waals surface area contributed by atoms with E-state index >= 15 is 0 Å². The van der Waals surface area contributed by atoms with Crippen molar-refractivity contribution in [1.82, 2.24) is 9.71 Å². The molecule has 10 nitrogen and oxygen atoms in total. The van der Waals surface area contributed by atoms with Gasteiger partial charge >= 0.3 is 0 Å². The predicted octanol–water partition coefficient (Wildman–Crippen LogP) is 5.13. The summed E-state index contributed by atoms with van der Waals surface area (Å²) in [5.74, 6) is 5.25. The van der Waals surface area contributed by atoms with E-state index in [9.17, 15) is 13.8 Å². The fourth-order valence-corrected chi connectivity index (χ4v) is 5.37. The van der Waals surface area contributed by atoms with E-state index in [1.54, 1.807) is 73.7 Å². The quantitative estimate of drug-likeness (QED) is 0.0776. The molecule has 0 aliphatic rings. The molecule has 2 N–H and O–H groups in total. The van der Waals surface area contributed by atoms with Crippen LogP contribution in [0.2, 0.25) is 0 Å². The first kappa shape index (κ1) is 27.7. The Balaban J connectivity index is 1.52. The summed E-state index contributed by atoms with van der Waals surface area (Å²) in [4.78, 5) is 32.8. The minimum atomic E-state index is -3.11. The van der Waals surface area contributed by atoms with Crippen LogP contribution in [0.5, 0.6) is 0 Å². The first-order valence-electron chi connectivity index (χ1n) is 12.1. The Hall–Kier alpha value is -5.30. The fraction of sp³-hybridized carbons (Fsp3) is 0.103. The number of hydrogen-bond donors (Lipinski definition) is 2. The van der Waals surface area contributed by atoms with Crippen molar-refractivity contribution in [3.8, 4) is 11.8 Å². The second kappa shape index (κ2) is 13.0. The predicted molar refractivity (Wildman–Crippen MR) is 153 cm³/mol. The summed E-state index contributed by atoms with van der Waals surface area (Å²) in [6, 6.07) is 18.8. The minimum Gasteiger partial charge on any atom is -0.459 e. The average Bonchev–Trinajstić information content (AvgIpc) is 3.41. The normalized spacial score (nSPS) is 11.6. The number of carbonyl (C=O) groups excluding carboxylic acids is 2. The Bertz CT molecular complexity index is 1770. The van der Waals surface area contributed by atoms with E-state index in [0.29, 0.717) is 21.7 Å². The molecule has 0 saturated heterocycles. The zero-order valence-corrected chi connectivity index (χ0v) is 22.2. The third-order valence-electron chi connectivity index (χ3n) is 5.52. The molecule has 2 aromatic heterocycles. The third-order valence-corrected chi connectivity index (χ3v) is 7.69. The van der Waals surface area contributed by atoms with Gasteiger partial charge in [0, 0.05) is 51.1 Å². The Morgan fingerprint density at radius 1 is 1.05 bits per heavy atom. The molecule has 0 aliphatic carbocycles. The minimum absolute atomic E-state index is 0.107. The lowest BCUT2D eigenvalue weighted by molar-refractivity contribution is 0.0978. The number of hydrogen-bond acceptors (Lipinski definition) is 6. The first-order chi connectivity index (χ1) is 19.4. The van der Waals surface area contributed by atoms with Gasteiger partial charge in [-0.2, -0.15) is 0 Å². The summed E-state index contributed by atoms with van der Waals surface area (Å²) in [7, 11) is -3.11. The van der Waals surface area contributed by atoms with Crippen molar-refractivity contribution in [3.63, 3.8) is 0 Å². The Labute approximate surface area is 231 Å². The van der Waals surface area contributed by atoms with E-state index in [1.807, 2.05) is 0 Å². The number of aryl methyl sites for hydroxylation is 1. The van der Waals surface area contributed by atoms with Crippen LogP contribution in [0.15, 0.2) is 99.8 Å². The molecule has 4 rings (SSSR count). The highest BCUT2D eigenvalue weighted by Crippen LogP contribution is 2.15. The van der Waals surface area contributed by atoms with Gasteiger partial charge in [0.15, 0.2) is 5.76 Å². The number of carbonyl (C=O) groups is 2. The summed E-state index contributed by atoms with van der Waals surface area (Å²) < 4.78 is 21.6. The number of benzene rings is 2. The lowest BCUT2D eigenvalue weighted by Crippen LogP contribution is -2.32. The number of pyridine rings is 1. The van der Waals surface area contributed by atoms with Gasteiger partial charge in [-0.3, -0.25) is 19.3 Å². The van der Waals surface area contributed by atoms with Crippen molar-refractivity contribution in [2.45, 2.75) is 18.2 Å². The zero-order valence-electron chi connectivity index (χ0n) is 21.4. The Kier molecular flexibility index (Phi) is 8.99. The summed E-state index contributed by atoms with van der Waals surface area (Å²) in [6.45, 7) is 1.89. The van der Waals surface area contributed by atoms with Crippen molar-refractivity contribution >= 4 is 32.6 Å². The molecule has 1 unspecified atom stereocenters. The van der Waals surface area contributed by atoms with Crippen LogP contribution in [0.4, 0.5) is 5.69 Å². The molecule has 2 aromatic carbocycles. The highest BCUT2D eigenvalue weighted by atomic mass is 32.2. The largest absolute Gasteiger partial charge is 0.459 e. The molecule has 200 valence electrons. The van der Waals surface area contributed by atoms with Crippen LogP contribution >= 0.6 is 0 Å². The topological polar surface area (TPSA) is 150 Å². The first-order valence-corrected chi connectivity index (χ1v) is 13.7. The number of aromatic nitrogens is 1. The standard InChI is InChI=1S/C29H24N6O4S/c1-21-13-15-39-27(21)29(37)33-25-8-5-7-22(18-25)11-12-23-17-24(20-31-19-23)28(36)34-40(38,16-6-14-32-35-30)26-9-3-2-4-10-26/h2-5,7-10,13,15-20H,6,14H2,1H3,(H,33,37)(H,34,36,38). The second-order valence-electron chi connectivity index (χ2n) is 8.43. The van der Waals surface area contributed by atoms with E-state index in [4.69, 9.17) is 9.95 Å². The van der Waals surface area contributed by atoms with Crippen LogP contribution in [-0.2, 0) is 9.71 Å². The lowest BCUT2D eigenvalue weighted by atomic mass is 10.1. The maximum atomic E-state index is 13.7. The molecule has 40 heavy (non-hydrogen) atoms. The number of furan rings is 1. The zero-order chi connectivity index (χ0) is 28.4. The van der Waals surface area contributed by atoms with E-state index < -0.39 is 15.6 Å². The van der Waals surface area contributed by atoms with Gasteiger partial charge in [0.2, 0.25) is 0 Å². The molecule has 0 spiro atoms. The smallest absolute Gasteiger partial charge is 0.291 e. The number of azide groups is 1. The van der Waals surface area contributed by atoms with Crippen LogP contribution in [0.25, 0.3) is 10.4 Å². The van der Waals surface area contributed by atoms with Crippen LogP contribution in [0.1, 0.15) is 44.0 Å². The van der Waals surface area contributed by atoms with E-state index in [1.165, 1.54) is 24.0 Å². The average molecular weight is 553 g/mol. The molecule has 4 aromatic rings. The molecule has 0 radical (unpaired) electrons. The monoisotopic (exact) mass is 552 g/mol. The van der Waals surface area contributed by atoms with Crippen molar-refractivity contribution in [1.29, 1.82) is 0 Å². The second-order valence-corrected chi connectivity index (χ2v) is 10.6. The van der Waals surface area contributed by atoms with Gasteiger partial charge in [-0.25, -0.2) is 4.21 Å². The highest BCUT2D eigenvalue weighted by Gasteiger charge is 2.16. The van der Waals surface area contributed by atoms with E-state index in [-0.39, 0.29) is 30.2 Å². The van der Waals surface area contributed by atoms with Gasteiger partial charge in [0.05, 0.1) is 21.5 Å². The highest BCUT2D eigenvalue weighted by molar-refractivity contribution is 8.00. The van der Waals surface area contributed by atoms with Gasteiger partial charge in [0.25, 0.3) is 11.8 Å². The van der Waals surface area contributed by atoms with E-state index in [0.717, 1.165) is 5.56 Å². The van der Waals surface area contributed by atoms with Crippen molar-refractivity contribution < 1.29 is 18.2 Å². The van der Waals surface area contributed by atoms with Gasteiger partial charge in [0.1, 0.15) is 0 Å². The molecule has 0 fully saturated rings. The molecule has 2 amide bonds. The lowest BCUT2D eigenvalue weighted by Gasteiger charge is -2.14. The summed E-state index contributed by atoms with van der Waals surface area (Å²) >= 11 is 0. The van der Waals surface area contributed by atoms with Crippen LogP contribution in [0.3, 0.4) is 0 Å². The molecular formula is C29H24N6O4S. The van der Waals surface area contributed by atoms with Crippen molar-refractivity contribution in [2.75, 3.05) is 11.9 Å². The number of rotatable bonds is 8. The van der Waals surface area contributed by atoms with Crippen molar-refractivity contribution in [3.05, 3.63) is 124 Å². The Morgan fingerprint density at radius 3 is 2.60 bits per heavy atom. The summed E-state index contributed by atoms with van der Waals surface area (Å²) in [5, 5.41) is 7.69. The van der Waals surface area contributed by atoms with Crippen LogP contribution < -0.4 is 10.0 Å². The van der Waals surface area contributed by atoms with Crippen LogP contribution in [0, 0.1) is 18.8 Å². The number of amides is 2. The van der Waals surface area contributed by atoms with Crippen LogP contribution in [-0.4, -0.2) is 32.9 Å². The third kappa shape index (κ3) is 7.17. The van der Waals surface area contributed by atoms with Gasteiger partial charge in [-0.05, 0) is 66.7 Å². The number of anilines is 1. The number of nitrogens with zero attached hydrogens (tertiary/aromatic N) is 4. The van der Waals surface area contributed by atoms with Gasteiger partial charge in [-0.1, -0.05) is 41.2 Å². The molecule has 11 heteroatoms.